The minimum absolute atomic E-state index is 0.0493. The van der Waals surface area contributed by atoms with Crippen LogP contribution < -0.4 is 10.6 Å². The summed E-state index contributed by atoms with van der Waals surface area (Å²) in [5.41, 5.74) is 3.22. The molecule has 1 aliphatic rings. The normalized spacial score (nSPS) is 16.3. The van der Waals surface area contributed by atoms with Crippen molar-refractivity contribution in [2.24, 2.45) is 7.05 Å². The van der Waals surface area contributed by atoms with Crippen molar-refractivity contribution >= 4 is 21.7 Å². The van der Waals surface area contributed by atoms with Crippen LogP contribution in [-0.4, -0.2) is 73.3 Å². The Morgan fingerprint density at radius 3 is 2.67 bits per heavy atom. The van der Waals surface area contributed by atoms with Gasteiger partial charge in [0.05, 0.1) is 41.7 Å². The summed E-state index contributed by atoms with van der Waals surface area (Å²) in [4.78, 5) is 17.1. The molecule has 0 unspecified atom stereocenters. The van der Waals surface area contributed by atoms with E-state index < -0.39 is 17.0 Å². The summed E-state index contributed by atoms with van der Waals surface area (Å²) in [6.45, 7) is 7.93. The van der Waals surface area contributed by atoms with E-state index in [-0.39, 0.29) is 23.2 Å². The molecule has 4 aromatic rings. The largest absolute Gasteiger partial charge is 0.351 e. The minimum Gasteiger partial charge on any atom is -0.351 e. The molecule has 39 heavy (non-hydrogen) atoms. The Kier molecular flexibility index (Phi) is 6.36. The number of hydrogen-bond acceptors (Lipinski definition) is 9. The number of nitrogens with one attached hydrogen (secondary N) is 2. The summed E-state index contributed by atoms with van der Waals surface area (Å²) in [5, 5.41) is 14.1. The lowest BCUT2D eigenvalue weighted by Gasteiger charge is -2.31. The maximum Gasteiger partial charge on any atom is 0.246 e. The number of sulfonamides is 1. The average Bonchev–Trinajstić information content (AvgIpc) is 3.62. The molecule has 13 nitrogen and oxygen atoms in total. The Bertz CT molecular complexity index is 1740. The molecular formula is C25H29N11O2S. The second-order valence-corrected chi connectivity index (χ2v) is 11.1. The zero-order chi connectivity index (χ0) is 30.1. The average molecular weight is 551 g/mol. The first-order valence-corrected chi connectivity index (χ1v) is 13.6. The molecule has 1 fully saturated rings. The molecule has 202 valence electrons. The van der Waals surface area contributed by atoms with E-state index in [0.717, 1.165) is 0 Å². The number of anilines is 1. The lowest BCUT2D eigenvalue weighted by Crippen LogP contribution is -2.42. The highest BCUT2D eigenvalue weighted by Crippen LogP contribution is 2.30. The molecule has 0 spiro atoms. The highest BCUT2D eigenvalue weighted by atomic mass is 32.2. The van der Waals surface area contributed by atoms with Crippen molar-refractivity contribution in [3.63, 3.8) is 0 Å². The Morgan fingerprint density at radius 1 is 1.15 bits per heavy atom. The van der Waals surface area contributed by atoms with Crippen LogP contribution in [0.5, 0.6) is 0 Å². The van der Waals surface area contributed by atoms with Crippen molar-refractivity contribution in [3.05, 3.63) is 65.9 Å². The van der Waals surface area contributed by atoms with Gasteiger partial charge >= 0.3 is 0 Å². The summed E-state index contributed by atoms with van der Waals surface area (Å²) in [5.74, 6) is 0.336. The van der Waals surface area contributed by atoms with Gasteiger partial charge in [0.1, 0.15) is 4.90 Å². The predicted molar refractivity (Wildman–Crippen MR) is 145 cm³/mol. The van der Waals surface area contributed by atoms with Gasteiger partial charge < -0.3 is 10.6 Å². The van der Waals surface area contributed by atoms with Crippen LogP contribution in [0.4, 0.5) is 11.6 Å². The lowest BCUT2D eigenvalue weighted by atomic mass is 10.1. The Balaban J connectivity index is 1.28. The van der Waals surface area contributed by atoms with Crippen LogP contribution >= 0.6 is 0 Å². The molecule has 0 aromatic carbocycles. The molecule has 0 radical (unpaired) electrons. The molecule has 0 amide bonds. The van der Waals surface area contributed by atoms with Gasteiger partial charge in [0.2, 0.25) is 21.7 Å². The van der Waals surface area contributed by atoms with Gasteiger partial charge in [-0.05, 0) is 38.9 Å². The molecule has 14 heteroatoms. The van der Waals surface area contributed by atoms with E-state index in [1.54, 1.807) is 43.2 Å². The SMILES string of the molecule is [2H]C([2H])([2H])NCc1ccc(-n2cc(-c3nc(NC4CCN(S(=O)(=O)c5cnn(C)c5)CC4)ncc3[N+]#[C-])cn2)c(C)n1. The van der Waals surface area contributed by atoms with Crippen molar-refractivity contribution in [2.75, 3.05) is 25.4 Å². The monoisotopic (exact) mass is 550 g/mol. The van der Waals surface area contributed by atoms with E-state index in [1.165, 1.54) is 27.6 Å². The van der Waals surface area contributed by atoms with Gasteiger partial charge in [-0.2, -0.15) is 14.5 Å². The first-order chi connectivity index (χ1) is 19.9. The quantitative estimate of drug-likeness (QED) is 0.316. The second kappa shape index (κ2) is 10.9. The molecule has 5 heterocycles. The number of aryl methyl sites for hydroxylation is 2. The second-order valence-electron chi connectivity index (χ2n) is 9.15. The van der Waals surface area contributed by atoms with E-state index in [9.17, 15) is 8.42 Å². The Hall–Kier alpha value is -4.19. The molecule has 5 rings (SSSR count). The van der Waals surface area contributed by atoms with Gasteiger partial charge in [0.25, 0.3) is 0 Å². The van der Waals surface area contributed by atoms with E-state index >= 15 is 0 Å². The molecule has 4 aromatic heterocycles. The first-order valence-electron chi connectivity index (χ1n) is 13.7. The zero-order valence-corrected chi connectivity index (χ0v) is 22.2. The van der Waals surface area contributed by atoms with Gasteiger partial charge in [-0.25, -0.2) is 27.9 Å². The number of piperidine rings is 1. The molecule has 1 saturated heterocycles. The van der Waals surface area contributed by atoms with Crippen LogP contribution in [0.15, 0.2) is 48.0 Å². The zero-order valence-electron chi connectivity index (χ0n) is 24.4. The topological polar surface area (TPSA) is 140 Å². The van der Waals surface area contributed by atoms with E-state index in [2.05, 4.69) is 40.6 Å². The number of nitrogens with zero attached hydrogens (tertiary/aromatic N) is 9. The van der Waals surface area contributed by atoms with E-state index in [4.69, 9.17) is 10.7 Å². The first kappa shape index (κ1) is 22.8. The lowest BCUT2D eigenvalue weighted by molar-refractivity contribution is 0.329. The molecule has 0 atom stereocenters. The summed E-state index contributed by atoms with van der Waals surface area (Å²) < 4.78 is 52.2. The molecule has 0 bridgehead atoms. The minimum atomic E-state index is -3.61. The Morgan fingerprint density at radius 2 is 1.97 bits per heavy atom. The summed E-state index contributed by atoms with van der Waals surface area (Å²) >= 11 is 0. The summed E-state index contributed by atoms with van der Waals surface area (Å²) in [6.07, 6.45) is 8.76. The van der Waals surface area contributed by atoms with Crippen LogP contribution in [0.1, 0.15) is 28.3 Å². The fourth-order valence-electron chi connectivity index (χ4n) is 4.46. The molecular weight excluding hydrogens is 518 g/mol. The van der Waals surface area contributed by atoms with Crippen molar-refractivity contribution in [1.82, 2.24) is 44.1 Å². The molecule has 0 saturated carbocycles. The van der Waals surface area contributed by atoms with Crippen LogP contribution in [0.2, 0.25) is 0 Å². The van der Waals surface area contributed by atoms with Gasteiger partial charge in [-0.3, -0.25) is 9.67 Å². The summed E-state index contributed by atoms with van der Waals surface area (Å²) in [6, 6.07) is 3.48. The number of rotatable bonds is 8. The fraction of sp³-hybridized carbons (Fsp3) is 0.360. The molecule has 1 aliphatic heterocycles. The van der Waals surface area contributed by atoms with Crippen LogP contribution in [0.25, 0.3) is 21.8 Å². The van der Waals surface area contributed by atoms with Gasteiger partial charge in [-0.15, -0.1) is 0 Å². The van der Waals surface area contributed by atoms with Crippen molar-refractivity contribution in [2.45, 2.75) is 37.2 Å². The third-order valence-electron chi connectivity index (χ3n) is 6.48. The third-order valence-corrected chi connectivity index (χ3v) is 8.34. The van der Waals surface area contributed by atoms with Crippen molar-refractivity contribution in [3.8, 4) is 16.9 Å². The highest BCUT2D eigenvalue weighted by molar-refractivity contribution is 7.89. The predicted octanol–water partition coefficient (Wildman–Crippen LogP) is 2.30. The van der Waals surface area contributed by atoms with E-state index in [0.29, 0.717) is 60.2 Å². The van der Waals surface area contributed by atoms with Crippen LogP contribution in [0, 0.1) is 13.5 Å². The molecule has 0 aliphatic carbocycles. The fourth-order valence-corrected chi connectivity index (χ4v) is 5.91. The van der Waals surface area contributed by atoms with Crippen molar-refractivity contribution < 1.29 is 12.5 Å². The molecule has 2 N–H and O–H groups in total. The third kappa shape index (κ3) is 5.51. The number of hydrogen-bond donors (Lipinski definition) is 2. The maximum atomic E-state index is 12.9. The maximum absolute atomic E-state index is 12.9. The smallest absolute Gasteiger partial charge is 0.246 e. The van der Waals surface area contributed by atoms with Crippen LogP contribution in [0.3, 0.4) is 0 Å². The van der Waals surface area contributed by atoms with Gasteiger partial charge in [0, 0.05) is 61.0 Å². The Labute approximate surface area is 231 Å². The van der Waals surface area contributed by atoms with E-state index in [1.807, 2.05) is 0 Å². The summed E-state index contributed by atoms with van der Waals surface area (Å²) in [7, 11) is -1.93. The van der Waals surface area contributed by atoms with Crippen molar-refractivity contribution in [1.29, 1.82) is 0 Å². The standard InChI is InChI=1S/C25H29N11O2S/c1-17-23(6-5-20(31-17)12-26-2)36-15-18(11-30-36)24-22(27-3)14-28-25(33-24)32-19-7-9-35(10-8-19)39(37,38)21-13-29-34(4)16-21/h5-6,11,13-16,19,26H,7-10,12H2,1-2,4H3,(H,28,32,33)/i2D3. The number of aromatic nitrogens is 7. The number of pyridine rings is 1. The van der Waals surface area contributed by atoms with Gasteiger partial charge in [-0.1, -0.05) is 0 Å². The van der Waals surface area contributed by atoms with Crippen LogP contribution in [-0.2, 0) is 23.6 Å². The van der Waals surface area contributed by atoms with Gasteiger partial charge in [0.15, 0.2) is 0 Å². The highest BCUT2D eigenvalue weighted by Gasteiger charge is 2.30.